The molecule has 4 rings (SSSR count). The molecule has 3 nitrogen and oxygen atoms in total. The van der Waals surface area contributed by atoms with Crippen LogP contribution < -0.4 is 4.74 Å². The van der Waals surface area contributed by atoms with Gasteiger partial charge in [0.25, 0.3) is 0 Å². The Morgan fingerprint density at radius 2 is 1.52 bits per heavy atom. The van der Waals surface area contributed by atoms with E-state index in [0.29, 0.717) is 6.54 Å². The largest absolute Gasteiger partial charge is 0.573 e. The average molecular weight is 397 g/mol. The molecule has 148 valence electrons. The molecule has 0 aliphatic heterocycles. The predicted octanol–water partition coefficient (Wildman–Crippen LogP) is 5.75. The highest BCUT2D eigenvalue weighted by Gasteiger charge is 2.30. The fourth-order valence-corrected chi connectivity index (χ4v) is 3.44. The van der Waals surface area contributed by atoms with Crippen LogP contribution in [0.1, 0.15) is 11.3 Å². The summed E-state index contributed by atoms with van der Waals surface area (Å²) in [6.45, 7) is 0.559. The number of aliphatic hydroxyl groups is 1. The molecule has 0 saturated carbocycles. The second kappa shape index (κ2) is 7.64. The van der Waals surface area contributed by atoms with Gasteiger partial charge in [-0.2, -0.15) is 0 Å². The van der Waals surface area contributed by atoms with Gasteiger partial charge in [-0.25, -0.2) is 0 Å². The summed E-state index contributed by atoms with van der Waals surface area (Å²) in [4.78, 5) is 0. The Morgan fingerprint density at radius 1 is 0.828 bits per heavy atom. The van der Waals surface area contributed by atoms with Gasteiger partial charge < -0.3 is 14.4 Å². The smallest absolute Gasteiger partial charge is 0.406 e. The maximum Gasteiger partial charge on any atom is 0.573 e. The van der Waals surface area contributed by atoms with Crippen LogP contribution in [0.15, 0.2) is 78.9 Å². The van der Waals surface area contributed by atoms with Crippen LogP contribution in [0.5, 0.6) is 5.75 Å². The van der Waals surface area contributed by atoms with E-state index in [9.17, 15) is 18.3 Å². The Bertz CT molecular complexity index is 1120. The number of aromatic nitrogens is 1. The van der Waals surface area contributed by atoms with E-state index < -0.39 is 6.36 Å². The number of ether oxygens (including phenoxy) is 1. The van der Waals surface area contributed by atoms with Crippen molar-refractivity contribution in [2.75, 3.05) is 0 Å². The predicted molar refractivity (Wildman–Crippen MR) is 106 cm³/mol. The topological polar surface area (TPSA) is 34.4 Å². The van der Waals surface area contributed by atoms with Gasteiger partial charge in [0.1, 0.15) is 5.75 Å². The highest BCUT2D eigenvalue weighted by molar-refractivity contribution is 5.86. The molecule has 0 amide bonds. The molecule has 0 saturated heterocycles. The molecule has 0 spiro atoms. The van der Waals surface area contributed by atoms with Crippen LogP contribution in [0.2, 0.25) is 0 Å². The zero-order valence-corrected chi connectivity index (χ0v) is 15.4. The average Bonchev–Trinajstić information content (AvgIpc) is 3.05. The Hall–Kier alpha value is -3.25. The van der Waals surface area contributed by atoms with E-state index in [1.54, 1.807) is 12.1 Å². The van der Waals surface area contributed by atoms with Gasteiger partial charge in [0.05, 0.1) is 6.61 Å². The van der Waals surface area contributed by atoms with Gasteiger partial charge in [-0.05, 0) is 47.0 Å². The second-order valence-corrected chi connectivity index (χ2v) is 6.71. The first-order valence-electron chi connectivity index (χ1n) is 9.06. The summed E-state index contributed by atoms with van der Waals surface area (Å²) in [5, 5.41) is 10.7. The Labute approximate surface area is 165 Å². The molecule has 0 radical (unpaired) electrons. The fraction of sp³-hybridized carbons (Fsp3) is 0.130. The third-order valence-corrected chi connectivity index (χ3v) is 4.75. The van der Waals surface area contributed by atoms with Crippen LogP contribution in [0, 0.1) is 0 Å². The first-order chi connectivity index (χ1) is 13.9. The van der Waals surface area contributed by atoms with Crippen molar-refractivity contribution in [3.05, 3.63) is 90.1 Å². The molecule has 0 unspecified atom stereocenters. The van der Waals surface area contributed by atoms with Crippen LogP contribution in [-0.2, 0) is 13.2 Å². The maximum absolute atomic E-state index is 12.3. The lowest BCUT2D eigenvalue weighted by Crippen LogP contribution is -2.16. The summed E-state index contributed by atoms with van der Waals surface area (Å²) in [7, 11) is 0. The Kier molecular flexibility index (Phi) is 5.03. The lowest BCUT2D eigenvalue weighted by atomic mass is 10.0. The quantitative estimate of drug-likeness (QED) is 0.465. The number of aliphatic hydroxyl groups excluding tert-OH is 1. The minimum Gasteiger partial charge on any atom is -0.406 e. The molecule has 29 heavy (non-hydrogen) atoms. The first-order valence-corrected chi connectivity index (χ1v) is 9.06. The molecule has 6 heteroatoms. The van der Waals surface area contributed by atoms with E-state index in [0.717, 1.165) is 33.3 Å². The van der Waals surface area contributed by atoms with Gasteiger partial charge in [-0.15, -0.1) is 13.2 Å². The first kappa shape index (κ1) is 19.1. The maximum atomic E-state index is 12.3. The Balaban J connectivity index is 1.66. The van der Waals surface area contributed by atoms with E-state index in [2.05, 4.69) is 9.30 Å². The lowest BCUT2D eigenvalue weighted by molar-refractivity contribution is -0.274. The number of rotatable bonds is 5. The van der Waals surface area contributed by atoms with Crippen molar-refractivity contribution >= 4 is 10.9 Å². The Morgan fingerprint density at radius 3 is 2.17 bits per heavy atom. The second-order valence-electron chi connectivity index (χ2n) is 6.71. The molecule has 4 aromatic rings. The molecule has 1 N–H and O–H groups in total. The number of halogens is 3. The van der Waals surface area contributed by atoms with Crippen molar-refractivity contribution < 1.29 is 23.0 Å². The molecule has 1 heterocycles. The minimum absolute atomic E-state index is 0.0830. The molecule has 1 aromatic heterocycles. The van der Waals surface area contributed by atoms with Gasteiger partial charge >= 0.3 is 6.36 Å². The zero-order chi connectivity index (χ0) is 20.4. The third kappa shape index (κ3) is 4.27. The summed E-state index contributed by atoms with van der Waals surface area (Å²) < 4.78 is 43.0. The summed E-state index contributed by atoms with van der Waals surface area (Å²) in [5.74, 6) is -0.251. The highest BCUT2D eigenvalue weighted by Crippen LogP contribution is 2.30. The summed E-state index contributed by atoms with van der Waals surface area (Å²) in [5.41, 5.74) is 4.57. The van der Waals surface area contributed by atoms with E-state index >= 15 is 0 Å². The van der Waals surface area contributed by atoms with E-state index in [1.165, 1.54) is 12.1 Å². The molecule has 0 atom stereocenters. The van der Waals surface area contributed by atoms with Gasteiger partial charge in [0.15, 0.2) is 0 Å². The van der Waals surface area contributed by atoms with E-state index in [4.69, 9.17) is 0 Å². The number of hydrogen-bond donors (Lipinski definition) is 1. The van der Waals surface area contributed by atoms with Crippen molar-refractivity contribution in [1.29, 1.82) is 0 Å². The van der Waals surface area contributed by atoms with Gasteiger partial charge in [-0.1, -0.05) is 48.5 Å². The van der Waals surface area contributed by atoms with Crippen LogP contribution in [0.25, 0.3) is 22.0 Å². The molecular formula is C23H18F3NO2. The molecule has 0 bridgehead atoms. The standard InChI is InChI=1S/C23H18F3NO2/c24-23(25,26)29-21-9-6-17(7-10-21)18-8-11-22-19(12-18)13-20(15-28)27(22)14-16-4-2-1-3-5-16/h1-13,28H,14-15H2. The van der Waals surface area contributed by atoms with Crippen molar-refractivity contribution in [3.8, 4) is 16.9 Å². The zero-order valence-electron chi connectivity index (χ0n) is 15.4. The minimum atomic E-state index is -4.71. The van der Waals surface area contributed by atoms with Crippen LogP contribution in [-0.4, -0.2) is 16.0 Å². The molecular weight excluding hydrogens is 379 g/mol. The number of fused-ring (bicyclic) bond motifs is 1. The third-order valence-electron chi connectivity index (χ3n) is 4.75. The summed E-state index contributed by atoms with van der Waals surface area (Å²) >= 11 is 0. The van der Waals surface area contributed by atoms with Gasteiger partial charge in [0.2, 0.25) is 0 Å². The van der Waals surface area contributed by atoms with Crippen LogP contribution in [0.4, 0.5) is 13.2 Å². The van der Waals surface area contributed by atoms with Gasteiger partial charge in [-0.3, -0.25) is 0 Å². The van der Waals surface area contributed by atoms with E-state index in [-0.39, 0.29) is 12.4 Å². The number of alkyl halides is 3. The van der Waals surface area contributed by atoms with Crippen molar-refractivity contribution in [3.63, 3.8) is 0 Å². The van der Waals surface area contributed by atoms with Crippen molar-refractivity contribution in [1.82, 2.24) is 4.57 Å². The number of hydrogen-bond acceptors (Lipinski definition) is 2. The van der Waals surface area contributed by atoms with Crippen molar-refractivity contribution in [2.45, 2.75) is 19.5 Å². The summed E-state index contributed by atoms with van der Waals surface area (Å²) in [6, 6.07) is 23.6. The van der Waals surface area contributed by atoms with Gasteiger partial charge in [0, 0.05) is 23.1 Å². The van der Waals surface area contributed by atoms with Crippen LogP contribution >= 0.6 is 0 Å². The molecule has 0 fully saturated rings. The highest BCUT2D eigenvalue weighted by atomic mass is 19.4. The SMILES string of the molecule is OCc1cc2cc(-c3ccc(OC(F)(F)F)cc3)ccc2n1Cc1ccccc1. The number of benzene rings is 3. The molecule has 3 aromatic carbocycles. The number of nitrogens with zero attached hydrogens (tertiary/aromatic N) is 1. The lowest BCUT2D eigenvalue weighted by Gasteiger charge is -2.11. The normalized spacial score (nSPS) is 11.7. The summed E-state index contributed by atoms with van der Waals surface area (Å²) in [6.07, 6.45) is -4.71. The molecule has 0 aliphatic carbocycles. The fourth-order valence-electron chi connectivity index (χ4n) is 3.44. The van der Waals surface area contributed by atoms with E-state index in [1.807, 2.05) is 54.6 Å². The molecule has 0 aliphatic rings. The monoisotopic (exact) mass is 397 g/mol. The van der Waals surface area contributed by atoms with Crippen molar-refractivity contribution in [2.24, 2.45) is 0 Å². The van der Waals surface area contributed by atoms with Crippen LogP contribution in [0.3, 0.4) is 0 Å².